The van der Waals surface area contributed by atoms with Gasteiger partial charge in [-0.1, -0.05) is 0 Å². The van der Waals surface area contributed by atoms with Crippen LogP contribution in [0.5, 0.6) is 0 Å². The van der Waals surface area contributed by atoms with Crippen LogP contribution >= 0.6 is 27.3 Å². The van der Waals surface area contributed by atoms with Crippen molar-refractivity contribution < 1.29 is 4.74 Å². The molecule has 102 valence electrons. The largest absolute Gasteiger partial charge is 0.383 e. The fraction of sp³-hybridized carbons (Fsp3) is 0.583. The van der Waals surface area contributed by atoms with Gasteiger partial charge in [0.1, 0.15) is 0 Å². The topological polar surface area (TPSA) is 45.7 Å². The van der Waals surface area contributed by atoms with E-state index in [1.807, 2.05) is 0 Å². The Kier molecular flexibility index (Phi) is 7.31. The third kappa shape index (κ3) is 5.84. The maximum absolute atomic E-state index is 5.08. The molecule has 0 aliphatic carbocycles. The van der Waals surface area contributed by atoms with Gasteiger partial charge in [0.2, 0.25) is 0 Å². The van der Waals surface area contributed by atoms with E-state index in [0.29, 0.717) is 6.61 Å². The highest BCUT2D eigenvalue weighted by Crippen LogP contribution is 2.21. The summed E-state index contributed by atoms with van der Waals surface area (Å²) >= 11 is 5.23. The predicted molar refractivity (Wildman–Crippen MR) is 81.6 cm³/mol. The third-order valence-corrected chi connectivity index (χ3v) is 4.00. The molecule has 0 aromatic carbocycles. The standard InChI is InChI=1S/C12H20BrN3OS/c1-9(8-17-3)16-12(14-2)15-7-6-10-4-5-11(13)18-10/h4-5,9H,6-8H2,1-3H3,(H2,14,15,16). The normalized spacial score (nSPS) is 13.4. The van der Waals surface area contributed by atoms with E-state index in [4.69, 9.17) is 4.74 Å². The van der Waals surface area contributed by atoms with Crippen LogP contribution in [-0.2, 0) is 11.2 Å². The highest BCUT2D eigenvalue weighted by atomic mass is 79.9. The van der Waals surface area contributed by atoms with Crippen LogP contribution in [0.2, 0.25) is 0 Å². The average molecular weight is 334 g/mol. The number of rotatable bonds is 6. The second kappa shape index (κ2) is 8.50. The second-order valence-corrected chi connectivity index (χ2v) is 6.50. The van der Waals surface area contributed by atoms with Gasteiger partial charge in [-0.05, 0) is 41.4 Å². The molecule has 6 heteroatoms. The van der Waals surface area contributed by atoms with Crippen molar-refractivity contribution in [2.75, 3.05) is 27.3 Å². The number of ether oxygens (including phenoxy) is 1. The van der Waals surface area contributed by atoms with Crippen molar-refractivity contribution in [2.45, 2.75) is 19.4 Å². The van der Waals surface area contributed by atoms with Crippen molar-refractivity contribution in [1.82, 2.24) is 10.6 Å². The van der Waals surface area contributed by atoms with Gasteiger partial charge in [0.05, 0.1) is 10.4 Å². The molecule has 1 unspecified atom stereocenters. The number of nitrogens with zero attached hydrogens (tertiary/aromatic N) is 1. The summed E-state index contributed by atoms with van der Waals surface area (Å²) in [5.74, 6) is 0.815. The maximum Gasteiger partial charge on any atom is 0.191 e. The first-order valence-corrected chi connectivity index (χ1v) is 7.47. The molecular formula is C12H20BrN3OS. The first-order valence-electron chi connectivity index (χ1n) is 5.86. The van der Waals surface area contributed by atoms with Gasteiger partial charge in [0.15, 0.2) is 5.96 Å². The smallest absolute Gasteiger partial charge is 0.191 e. The van der Waals surface area contributed by atoms with Gasteiger partial charge < -0.3 is 15.4 Å². The minimum atomic E-state index is 0.247. The zero-order valence-corrected chi connectivity index (χ0v) is 13.4. The summed E-state index contributed by atoms with van der Waals surface area (Å²) in [5, 5.41) is 6.56. The van der Waals surface area contributed by atoms with E-state index < -0.39 is 0 Å². The molecule has 0 fully saturated rings. The van der Waals surface area contributed by atoms with Crippen molar-refractivity contribution in [1.29, 1.82) is 0 Å². The summed E-state index contributed by atoms with van der Waals surface area (Å²) in [6.07, 6.45) is 0.996. The Balaban J connectivity index is 2.27. The molecule has 0 aliphatic heterocycles. The van der Waals surface area contributed by atoms with Gasteiger partial charge in [-0.25, -0.2) is 0 Å². The number of hydrogen-bond acceptors (Lipinski definition) is 3. The number of thiophene rings is 1. The Labute approximate surface area is 121 Å². The van der Waals surface area contributed by atoms with Crippen molar-refractivity contribution in [3.05, 3.63) is 20.8 Å². The van der Waals surface area contributed by atoms with Crippen LogP contribution in [0.25, 0.3) is 0 Å². The Bertz CT molecular complexity index is 381. The number of hydrogen-bond donors (Lipinski definition) is 2. The molecule has 1 atom stereocenters. The molecule has 0 radical (unpaired) electrons. The van der Waals surface area contributed by atoms with Crippen LogP contribution < -0.4 is 10.6 Å². The summed E-state index contributed by atoms with van der Waals surface area (Å²) in [5.41, 5.74) is 0. The van der Waals surface area contributed by atoms with Gasteiger partial charge in [0.25, 0.3) is 0 Å². The SMILES string of the molecule is CN=C(NCCc1ccc(Br)s1)NC(C)COC. The number of nitrogens with one attached hydrogen (secondary N) is 2. The number of aliphatic imine (C=N–C) groups is 1. The number of halogens is 1. The molecule has 0 saturated carbocycles. The molecule has 18 heavy (non-hydrogen) atoms. The van der Waals surface area contributed by atoms with E-state index in [-0.39, 0.29) is 6.04 Å². The summed E-state index contributed by atoms with van der Waals surface area (Å²) < 4.78 is 6.25. The third-order valence-electron chi connectivity index (χ3n) is 2.32. The molecule has 1 aromatic heterocycles. The molecule has 0 saturated heterocycles. The van der Waals surface area contributed by atoms with Gasteiger partial charge in [-0.15, -0.1) is 11.3 Å². The van der Waals surface area contributed by atoms with Crippen molar-refractivity contribution in [2.24, 2.45) is 4.99 Å². The van der Waals surface area contributed by atoms with Gasteiger partial charge in [0, 0.05) is 31.6 Å². The van der Waals surface area contributed by atoms with Crippen LogP contribution in [0.4, 0.5) is 0 Å². The molecule has 1 aromatic rings. The van der Waals surface area contributed by atoms with Crippen LogP contribution in [0.3, 0.4) is 0 Å². The van der Waals surface area contributed by atoms with Crippen LogP contribution in [-0.4, -0.2) is 39.3 Å². The molecule has 0 bridgehead atoms. The fourth-order valence-corrected chi connectivity index (χ4v) is 2.99. The molecule has 1 heterocycles. The van der Waals surface area contributed by atoms with Crippen molar-refractivity contribution in [3.63, 3.8) is 0 Å². The molecule has 0 aliphatic rings. The van der Waals surface area contributed by atoms with E-state index in [0.717, 1.165) is 18.9 Å². The minimum Gasteiger partial charge on any atom is -0.383 e. The fourth-order valence-electron chi connectivity index (χ4n) is 1.51. The van der Waals surface area contributed by atoms with E-state index >= 15 is 0 Å². The Morgan fingerprint density at radius 2 is 2.33 bits per heavy atom. The lowest BCUT2D eigenvalue weighted by Gasteiger charge is -2.16. The molecule has 4 nitrogen and oxygen atoms in total. The second-order valence-electron chi connectivity index (χ2n) is 3.96. The Morgan fingerprint density at radius 1 is 1.56 bits per heavy atom. The monoisotopic (exact) mass is 333 g/mol. The molecule has 1 rings (SSSR count). The summed E-state index contributed by atoms with van der Waals surface area (Å²) in [7, 11) is 3.47. The lowest BCUT2D eigenvalue weighted by Crippen LogP contribution is -2.44. The summed E-state index contributed by atoms with van der Waals surface area (Å²) in [6, 6.07) is 4.46. The van der Waals surface area contributed by atoms with E-state index in [1.165, 1.54) is 8.66 Å². The quantitative estimate of drug-likeness (QED) is 0.620. The zero-order chi connectivity index (χ0) is 13.4. The van der Waals surface area contributed by atoms with E-state index in [2.05, 4.69) is 50.6 Å². The van der Waals surface area contributed by atoms with Gasteiger partial charge in [-0.2, -0.15) is 0 Å². The lowest BCUT2D eigenvalue weighted by atomic mass is 10.3. The molecule has 2 N–H and O–H groups in total. The summed E-state index contributed by atoms with van der Waals surface area (Å²) in [4.78, 5) is 5.54. The highest BCUT2D eigenvalue weighted by molar-refractivity contribution is 9.11. The Hall–Kier alpha value is -0.590. The minimum absolute atomic E-state index is 0.247. The van der Waals surface area contributed by atoms with E-state index in [9.17, 15) is 0 Å². The van der Waals surface area contributed by atoms with Gasteiger partial charge in [-0.3, -0.25) is 4.99 Å². The van der Waals surface area contributed by atoms with Gasteiger partial charge >= 0.3 is 0 Å². The summed E-state index contributed by atoms with van der Waals surface area (Å²) in [6.45, 7) is 3.59. The average Bonchev–Trinajstić information content (AvgIpc) is 2.74. The zero-order valence-electron chi connectivity index (χ0n) is 11.0. The molecule has 0 amide bonds. The van der Waals surface area contributed by atoms with Crippen molar-refractivity contribution >= 4 is 33.2 Å². The van der Waals surface area contributed by atoms with Crippen LogP contribution in [0, 0.1) is 0 Å². The molecular weight excluding hydrogens is 314 g/mol. The lowest BCUT2D eigenvalue weighted by molar-refractivity contribution is 0.179. The predicted octanol–water partition coefficient (Wildman–Crippen LogP) is 2.25. The molecule has 0 spiro atoms. The maximum atomic E-state index is 5.08. The van der Waals surface area contributed by atoms with Crippen molar-refractivity contribution in [3.8, 4) is 0 Å². The first kappa shape index (κ1) is 15.5. The Morgan fingerprint density at radius 3 is 2.89 bits per heavy atom. The first-order chi connectivity index (χ1) is 8.65. The number of methoxy groups -OCH3 is 1. The number of guanidine groups is 1. The highest BCUT2D eigenvalue weighted by Gasteiger charge is 2.04. The van der Waals surface area contributed by atoms with Crippen LogP contribution in [0.15, 0.2) is 20.9 Å². The van der Waals surface area contributed by atoms with E-state index in [1.54, 1.807) is 25.5 Å². The van der Waals surface area contributed by atoms with Crippen LogP contribution in [0.1, 0.15) is 11.8 Å².